The van der Waals surface area contributed by atoms with Gasteiger partial charge >= 0.3 is 5.97 Å². The summed E-state index contributed by atoms with van der Waals surface area (Å²) in [6.07, 6.45) is 3.48. The zero-order chi connectivity index (χ0) is 13.5. The number of ether oxygens (including phenoxy) is 1. The predicted molar refractivity (Wildman–Crippen MR) is 72.5 cm³/mol. The first-order chi connectivity index (χ1) is 9.25. The maximum Gasteiger partial charge on any atom is 0.313 e. The van der Waals surface area contributed by atoms with Gasteiger partial charge in [-0.3, -0.25) is 4.79 Å². The van der Waals surface area contributed by atoms with E-state index in [0.29, 0.717) is 18.3 Å². The van der Waals surface area contributed by atoms with Crippen LogP contribution in [0.5, 0.6) is 5.75 Å². The van der Waals surface area contributed by atoms with Crippen molar-refractivity contribution < 1.29 is 14.6 Å². The molecule has 1 aromatic carbocycles. The highest BCUT2D eigenvalue weighted by Crippen LogP contribution is 2.15. The summed E-state index contributed by atoms with van der Waals surface area (Å²) >= 11 is 1.20. The molecule has 0 atom stereocenters. The molecule has 2 aromatic rings. The molecule has 5 nitrogen and oxygen atoms in total. The smallest absolute Gasteiger partial charge is 0.313 e. The second kappa shape index (κ2) is 6.84. The molecule has 0 unspecified atom stereocenters. The maximum atomic E-state index is 10.5. The number of carboxylic acids is 1. The lowest BCUT2D eigenvalue weighted by Gasteiger charge is -2.08. The van der Waals surface area contributed by atoms with Crippen molar-refractivity contribution in [1.29, 1.82) is 0 Å². The van der Waals surface area contributed by atoms with Crippen LogP contribution >= 0.6 is 11.8 Å². The summed E-state index contributed by atoms with van der Waals surface area (Å²) in [5, 5.41) is 9.34. The molecule has 1 N–H and O–H groups in total. The molecule has 1 heterocycles. The Morgan fingerprint density at radius 1 is 1.37 bits per heavy atom. The van der Waals surface area contributed by atoms with Crippen molar-refractivity contribution in [3.8, 4) is 5.75 Å². The number of thioether (sulfide) groups is 1. The Morgan fingerprint density at radius 2 is 2.16 bits per heavy atom. The van der Waals surface area contributed by atoms with E-state index in [4.69, 9.17) is 9.84 Å². The van der Waals surface area contributed by atoms with Crippen LogP contribution in [0.3, 0.4) is 0 Å². The predicted octanol–water partition coefficient (Wildman–Crippen LogP) is 2.14. The van der Waals surface area contributed by atoms with Gasteiger partial charge in [0.15, 0.2) is 5.16 Å². The molecule has 1 aromatic heterocycles. The quantitative estimate of drug-likeness (QED) is 0.786. The van der Waals surface area contributed by atoms with Gasteiger partial charge in [-0.25, -0.2) is 4.98 Å². The molecule has 0 aliphatic heterocycles. The molecule has 0 bridgehead atoms. The number of nitrogens with zero attached hydrogens (tertiary/aromatic N) is 2. The minimum atomic E-state index is -0.847. The SMILES string of the molecule is O=C(O)CSc1nccn1CCOc1ccccc1. The zero-order valence-electron chi connectivity index (χ0n) is 10.2. The topological polar surface area (TPSA) is 64.3 Å². The Balaban J connectivity index is 1.83. The van der Waals surface area contributed by atoms with E-state index in [1.807, 2.05) is 41.1 Å². The second-order valence-electron chi connectivity index (χ2n) is 3.75. The van der Waals surface area contributed by atoms with E-state index in [1.54, 1.807) is 6.20 Å². The van der Waals surface area contributed by atoms with Gasteiger partial charge in [-0.2, -0.15) is 0 Å². The van der Waals surface area contributed by atoms with Crippen LogP contribution in [0.25, 0.3) is 0 Å². The third kappa shape index (κ3) is 4.33. The molecule has 100 valence electrons. The molecule has 2 rings (SSSR count). The molecule has 0 aliphatic carbocycles. The number of carbonyl (C=O) groups is 1. The van der Waals surface area contributed by atoms with E-state index in [9.17, 15) is 4.79 Å². The van der Waals surface area contributed by atoms with Crippen molar-refractivity contribution in [2.75, 3.05) is 12.4 Å². The molecule has 0 aliphatic rings. The first-order valence-electron chi connectivity index (χ1n) is 5.79. The highest BCUT2D eigenvalue weighted by molar-refractivity contribution is 7.99. The van der Waals surface area contributed by atoms with E-state index >= 15 is 0 Å². The number of carboxylic acid groups (broad SMARTS) is 1. The number of aliphatic carboxylic acids is 1. The summed E-state index contributed by atoms with van der Waals surface area (Å²) < 4.78 is 7.47. The lowest BCUT2D eigenvalue weighted by Crippen LogP contribution is -2.09. The fourth-order valence-electron chi connectivity index (χ4n) is 1.51. The van der Waals surface area contributed by atoms with Crippen LogP contribution in [-0.4, -0.2) is 33.0 Å². The fraction of sp³-hybridized carbons (Fsp3) is 0.231. The second-order valence-corrected chi connectivity index (χ2v) is 4.69. The highest BCUT2D eigenvalue weighted by Gasteiger charge is 2.06. The first-order valence-corrected chi connectivity index (χ1v) is 6.78. The van der Waals surface area contributed by atoms with Gasteiger partial charge in [-0.05, 0) is 12.1 Å². The van der Waals surface area contributed by atoms with Gasteiger partial charge < -0.3 is 14.4 Å². The van der Waals surface area contributed by atoms with Crippen molar-refractivity contribution in [2.45, 2.75) is 11.7 Å². The fourth-order valence-corrected chi connectivity index (χ4v) is 2.22. The van der Waals surface area contributed by atoms with Gasteiger partial charge in [0, 0.05) is 12.4 Å². The summed E-state index contributed by atoms with van der Waals surface area (Å²) in [5.41, 5.74) is 0. The summed E-state index contributed by atoms with van der Waals surface area (Å²) in [6.45, 7) is 1.15. The molecule has 19 heavy (non-hydrogen) atoms. The van der Waals surface area contributed by atoms with Gasteiger partial charge in [0.25, 0.3) is 0 Å². The van der Waals surface area contributed by atoms with E-state index in [1.165, 1.54) is 11.8 Å². The van der Waals surface area contributed by atoms with Crippen LogP contribution in [-0.2, 0) is 11.3 Å². The standard InChI is InChI=1S/C13H14N2O3S/c16-12(17)10-19-13-14-6-7-15(13)8-9-18-11-4-2-1-3-5-11/h1-7H,8-10H2,(H,16,17). The number of para-hydroxylation sites is 1. The van der Waals surface area contributed by atoms with Gasteiger partial charge in [-0.1, -0.05) is 30.0 Å². The Morgan fingerprint density at radius 3 is 2.89 bits per heavy atom. The van der Waals surface area contributed by atoms with Crippen molar-refractivity contribution in [3.63, 3.8) is 0 Å². The van der Waals surface area contributed by atoms with Crippen molar-refractivity contribution in [3.05, 3.63) is 42.7 Å². The van der Waals surface area contributed by atoms with Gasteiger partial charge in [-0.15, -0.1) is 0 Å². The van der Waals surface area contributed by atoms with Crippen LogP contribution in [0, 0.1) is 0 Å². The van der Waals surface area contributed by atoms with E-state index in [0.717, 1.165) is 5.75 Å². The molecule has 6 heteroatoms. The van der Waals surface area contributed by atoms with Crippen molar-refractivity contribution in [1.82, 2.24) is 9.55 Å². The number of rotatable bonds is 7. The number of benzene rings is 1. The van der Waals surface area contributed by atoms with Crippen LogP contribution in [0.15, 0.2) is 47.9 Å². The normalized spacial score (nSPS) is 10.3. The molecule has 0 fully saturated rings. The Kier molecular flexibility index (Phi) is 4.85. The van der Waals surface area contributed by atoms with Gasteiger partial charge in [0.2, 0.25) is 0 Å². The molecule has 0 saturated carbocycles. The number of hydrogen-bond acceptors (Lipinski definition) is 4. The minimum absolute atomic E-state index is 0.0105. The summed E-state index contributed by atoms with van der Waals surface area (Å²) in [7, 11) is 0. The molecular formula is C13H14N2O3S. The first kappa shape index (κ1) is 13.5. The molecule has 0 saturated heterocycles. The lowest BCUT2D eigenvalue weighted by molar-refractivity contribution is -0.133. The third-order valence-corrected chi connectivity index (χ3v) is 3.34. The van der Waals surface area contributed by atoms with Crippen LogP contribution in [0.2, 0.25) is 0 Å². The minimum Gasteiger partial charge on any atom is -0.492 e. The van der Waals surface area contributed by atoms with E-state index in [-0.39, 0.29) is 5.75 Å². The Hall–Kier alpha value is -1.95. The highest BCUT2D eigenvalue weighted by atomic mass is 32.2. The maximum absolute atomic E-state index is 10.5. The number of aromatic nitrogens is 2. The van der Waals surface area contributed by atoms with E-state index in [2.05, 4.69) is 4.98 Å². The van der Waals surface area contributed by atoms with Crippen molar-refractivity contribution in [2.24, 2.45) is 0 Å². The largest absolute Gasteiger partial charge is 0.492 e. The number of imidazole rings is 1. The third-order valence-electron chi connectivity index (χ3n) is 2.35. The van der Waals surface area contributed by atoms with Crippen molar-refractivity contribution >= 4 is 17.7 Å². The molecule has 0 radical (unpaired) electrons. The molecule has 0 spiro atoms. The molecular weight excluding hydrogens is 264 g/mol. The van der Waals surface area contributed by atoms with E-state index < -0.39 is 5.97 Å². The van der Waals surface area contributed by atoms with Gasteiger partial charge in [0.1, 0.15) is 12.4 Å². The Bertz CT molecular complexity index is 528. The Labute approximate surface area is 115 Å². The van der Waals surface area contributed by atoms with Gasteiger partial charge in [0.05, 0.1) is 12.3 Å². The summed E-state index contributed by atoms with van der Waals surface area (Å²) in [4.78, 5) is 14.6. The number of hydrogen-bond donors (Lipinski definition) is 1. The van der Waals surface area contributed by atoms with Crippen LogP contribution in [0.4, 0.5) is 0 Å². The zero-order valence-corrected chi connectivity index (χ0v) is 11.0. The summed E-state index contributed by atoms with van der Waals surface area (Å²) in [5.74, 6) is -0.0150. The van der Waals surface area contributed by atoms with Crippen LogP contribution in [0.1, 0.15) is 0 Å². The molecule has 0 amide bonds. The average Bonchev–Trinajstić information content (AvgIpc) is 2.85. The summed E-state index contributed by atoms with van der Waals surface area (Å²) in [6, 6.07) is 9.56. The monoisotopic (exact) mass is 278 g/mol. The average molecular weight is 278 g/mol. The van der Waals surface area contributed by atoms with Crippen LogP contribution < -0.4 is 4.74 Å². The lowest BCUT2D eigenvalue weighted by atomic mass is 10.3.